The number of aliphatic carboxylic acids is 1. The predicted molar refractivity (Wildman–Crippen MR) is 96.6 cm³/mol. The van der Waals surface area contributed by atoms with Gasteiger partial charge < -0.3 is 15.2 Å². The van der Waals surface area contributed by atoms with Crippen LogP contribution in [0.3, 0.4) is 0 Å². The number of anilines is 1. The fourth-order valence-corrected chi connectivity index (χ4v) is 2.57. The Morgan fingerprint density at radius 3 is 2.78 bits per heavy atom. The second-order valence-electron chi connectivity index (χ2n) is 6.03. The van der Waals surface area contributed by atoms with Crippen LogP contribution < -0.4 is 10.1 Å². The van der Waals surface area contributed by atoms with Gasteiger partial charge in [-0.15, -0.1) is 0 Å². The van der Waals surface area contributed by atoms with Gasteiger partial charge in [0.1, 0.15) is 18.0 Å². The normalized spacial score (nSPS) is 10.6. The van der Waals surface area contributed by atoms with Gasteiger partial charge in [-0.1, -0.05) is 17.7 Å². The van der Waals surface area contributed by atoms with E-state index in [0.29, 0.717) is 5.69 Å². The van der Waals surface area contributed by atoms with Gasteiger partial charge in [0.15, 0.2) is 6.73 Å². The van der Waals surface area contributed by atoms with Crippen LogP contribution in [0.15, 0.2) is 42.9 Å². The Morgan fingerprint density at radius 1 is 1.22 bits per heavy atom. The van der Waals surface area contributed by atoms with Gasteiger partial charge in [-0.3, -0.25) is 9.59 Å². The van der Waals surface area contributed by atoms with Crippen molar-refractivity contribution in [3.05, 3.63) is 59.7 Å². The Morgan fingerprint density at radius 2 is 2.04 bits per heavy atom. The number of nitrogens with one attached hydrogen (secondary N) is 1. The van der Waals surface area contributed by atoms with Crippen molar-refractivity contribution in [3.8, 4) is 5.75 Å². The lowest BCUT2D eigenvalue weighted by molar-refractivity contribution is -0.137. The van der Waals surface area contributed by atoms with Crippen molar-refractivity contribution in [2.45, 2.75) is 27.1 Å². The van der Waals surface area contributed by atoms with Crippen molar-refractivity contribution in [1.82, 2.24) is 19.6 Å². The van der Waals surface area contributed by atoms with Crippen molar-refractivity contribution in [3.63, 3.8) is 0 Å². The molecule has 1 aromatic carbocycles. The molecule has 0 radical (unpaired) electrons. The maximum Gasteiger partial charge on any atom is 0.325 e. The van der Waals surface area contributed by atoms with Gasteiger partial charge in [0.2, 0.25) is 0 Å². The highest BCUT2D eigenvalue weighted by Crippen LogP contribution is 2.19. The molecule has 27 heavy (non-hydrogen) atoms. The molecule has 2 N–H and O–H groups in total. The van der Waals surface area contributed by atoms with Gasteiger partial charge in [0.25, 0.3) is 5.91 Å². The van der Waals surface area contributed by atoms with Crippen LogP contribution in [0.5, 0.6) is 5.75 Å². The van der Waals surface area contributed by atoms with Crippen LogP contribution in [0.4, 0.5) is 5.69 Å². The largest absolute Gasteiger partial charge is 0.480 e. The zero-order valence-corrected chi connectivity index (χ0v) is 14.9. The molecular weight excluding hydrogens is 350 g/mol. The minimum absolute atomic E-state index is 0.150. The van der Waals surface area contributed by atoms with E-state index in [4.69, 9.17) is 9.84 Å². The highest BCUT2D eigenvalue weighted by Gasteiger charge is 2.15. The van der Waals surface area contributed by atoms with Gasteiger partial charge in [0, 0.05) is 6.20 Å². The third-order valence-corrected chi connectivity index (χ3v) is 3.81. The Hall–Kier alpha value is -3.62. The molecular formula is C18H19N5O4. The number of nitrogens with zero attached hydrogens (tertiary/aromatic N) is 4. The summed E-state index contributed by atoms with van der Waals surface area (Å²) < 4.78 is 8.40. The third-order valence-electron chi connectivity index (χ3n) is 3.81. The van der Waals surface area contributed by atoms with Crippen molar-refractivity contribution in [1.29, 1.82) is 0 Å². The van der Waals surface area contributed by atoms with Crippen LogP contribution in [0.1, 0.15) is 21.6 Å². The van der Waals surface area contributed by atoms with Crippen molar-refractivity contribution in [2.24, 2.45) is 0 Å². The number of ether oxygens (including phenoxy) is 1. The molecule has 1 amide bonds. The molecule has 0 spiro atoms. The molecule has 0 saturated carbocycles. The molecule has 0 aliphatic heterocycles. The highest BCUT2D eigenvalue weighted by molar-refractivity contribution is 6.03. The van der Waals surface area contributed by atoms with Crippen LogP contribution in [-0.4, -0.2) is 36.5 Å². The van der Waals surface area contributed by atoms with Crippen LogP contribution in [0, 0.1) is 13.8 Å². The number of aromatic nitrogens is 4. The fourth-order valence-electron chi connectivity index (χ4n) is 2.57. The first kappa shape index (κ1) is 18.2. The first-order valence-electron chi connectivity index (χ1n) is 8.20. The summed E-state index contributed by atoms with van der Waals surface area (Å²) in [4.78, 5) is 23.1. The summed E-state index contributed by atoms with van der Waals surface area (Å²) in [5.74, 6) is -0.785. The molecule has 3 rings (SSSR count). The first-order chi connectivity index (χ1) is 12.9. The molecule has 2 aromatic heterocycles. The quantitative estimate of drug-likeness (QED) is 0.659. The third kappa shape index (κ3) is 4.51. The molecule has 0 saturated heterocycles. The number of aryl methyl sites for hydroxylation is 2. The number of carbonyl (C=O) groups is 2. The zero-order valence-electron chi connectivity index (χ0n) is 14.9. The van der Waals surface area contributed by atoms with E-state index in [-0.39, 0.29) is 12.4 Å². The number of hydrogen-bond acceptors (Lipinski definition) is 5. The number of carboxylic acids is 1. The van der Waals surface area contributed by atoms with E-state index in [0.717, 1.165) is 21.6 Å². The van der Waals surface area contributed by atoms with Gasteiger partial charge in [-0.05, 0) is 31.5 Å². The summed E-state index contributed by atoms with van der Waals surface area (Å²) in [7, 11) is 0. The first-order valence-corrected chi connectivity index (χ1v) is 8.20. The SMILES string of the molecule is Cc1ccc(OCn2cc(NC(=O)c3ccnn3CC(=O)O)cn2)c(C)c1. The molecule has 9 nitrogen and oxygen atoms in total. The van der Waals surface area contributed by atoms with Gasteiger partial charge in [-0.2, -0.15) is 10.2 Å². The summed E-state index contributed by atoms with van der Waals surface area (Å²) in [6, 6.07) is 7.36. The molecule has 3 aromatic rings. The second kappa shape index (κ2) is 7.73. The molecule has 0 aliphatic carbocycles. The lowest BCUT2D eigenvalue weighted by Gasteiger charge is -2.09. The van der Waals surface area contributed by atoms with Gasteiger partial charge in [0.05, 0.1) is 18.1 Å². The van der Waals surface area contributed by atoms with Gasteiger partial charge in [-0.25, -0.2) is 9.36 Å². The minimum Gasteiger partial charge on any atom is -0.480 e. The predicted octanol–water partition coefficient (Wildman–Crippen LogP) is 2.07. The number of rotatable bonds is 7. The van der Waals surface area contributed by atoms with Crippen molar-refractivity contribution < 1.29 is 19.4 Å². The fraction of sp³-hybridized carbons (Fsp3) is 0.222. The molecule has 0 fully saturated rings. The summed E-state index contributed by atoms with van der Waals surface area (Å²) in [5.41, 5.74) is 2.80. The maximum atomic E-state index is 12.3. The molecule has 0 aliphatic rings. The average molecular weight is 369 g/mol. The van der Waals surface area contributed by atoms with Crippen LogP contribution in [0.2, 0.25) is 0 Å². The number of amides is 1. The number of carboxylic acid groups (broad SMARTS) is 1. The Kier molecular flexibility index (Phi) is 5.20. The maximum absolute atomic E-state index is 12.3. The summed E-state index contributed by atoms with van der Waals surface area (Å²) in [6.45, 7) is 3.79. The number of carbonyl (C=O) groups excluding carboxylic acids is 1. The molecule has 0 atom stereocenters. The van der Waals surface area contributed by atoms with E-state index < -0.39 is 18.4 Å². The average Bonchev–Trinajstić information content (AvgIpc) is 3.23. The Bertz CT molecular complexity index is 976. The summed E-state index contributed by atoms with van der Waals surface area (Å²) in [5, 5.41) is 19.5. The molecule has 0 bridgehead atoms. The number of benzene rings is 1. The summed E-state index contributed by atoms with van der Waals surface area (Å²) in [6.07, 6.45) is 4.49. The number of hydrogen-bond donors (Lipinski definition) is 2. The van der Waals surface area contributed by atoms with E-state index in [1.165, 1.54) is 18.5 Å². The van der Waals surface area contributed by atoms with Gasteiger partial charge >= 0.3 is 5.97 Å². The minimum atomic E-state index is -1.08. The lowest BCUT2D eigenvalue weighted by atomic mass is 10.1. The standard InChI is InChI=1S/C18H19N5O4/c1-12-3-4-16(13(2)7-12)27-11-22-9-14(8-20-22)21-18(26)15-5-6-19-23(15)10-17(24)25/h3-9H,10-11H2,1-2H3,(H,21,26)(H,24,25). The van der Waals surface area contributed by atoms with E-state index in [1.54, 1.807) is 10.9 Å². The Labute approximate surface area is 155 Å². The van der Waals surface area contributed by atoms with Crippen LogP contribution >= 0.6 is 0 Å². The van der Waals surface area contributed by atoms with E-state index in [2.05, 4.69) is 15.5 Å². The molecule has 2 heterocycles. The molecule has 9 heteroatoms. The van der Waals surface area contributed by atoms with Crippen molar-refractivity contribution in [2.75, 3.05) is 5.32 Å². The van der Waals surface area contributed by atoms with E-state index in [1.807, 2.05) is 32.0 Å². The smallest absolute Gasteiger partial charge is 0.325 e. The Balaban J connectivity index is 1.61. The molecule has 0 unspecified atom stereocenters. The van der Waals surface area contributed by atoms with E-state index >= 15 is 0 Å². The highest BCUT2D eigenvalue weighted by atomic mass is 16.5. The second-order valence-corrected chi connectivity index (χ2v) is 6.03. The zero-order chi connectivity index (χ0) is 19.4. The summed E-state index contributed by atoms with van der Waals surface area (Å²) >= 11 is 0. The van der Waals surface area contributed by atoms with E-state index in [9.17, 15) is 9.59 Å². The lowest BCUT2D eigenvalue weighted by Crippen LogP contribution is -2.20. The van der Waals surface area contributed by atoms with Crippen molar-refractivity contribution >= 4 is 17.6 Å². The topological polar surface area (TPSA) is 111 Å². The monoisotopic (exact) mass is 369 g/mol. The van der Waals surface area contributed by atoms with Crippen LogP contribution in [0.25, 0.3) is 0 Å². The molecule has 140 valence electrons. The van der Waals surface area contributed by atoms with Crippen LogP contribution in [-0.2, 0) is 18.1 Å².